The lowest BCUT2D eigenvalue weighted by Crippen LogP contribution is -1.87. The summed E-state index contributed by atoms with van der Waals surface area (Å²) in [5, 5.41) is 8.80. The largest absolute Gasteiger partial charge is 0.501 e. The maximum atomic E-state index is 8.80. The molecule has 1 aromatic rings. The van der Waals surface area contributed by atoms with Gasteiger partial charge in [0.2, 0.25) is 0 Å². The number of nitriles is 1. The number of allylic oxidation sites excluding steroid dienone is 3. The molecule has 0 saturated carbocycles. The summed E-state index contributed by atoms with van der Waals surface area (Å²) in [4.78, 5) is 0. The Morgan fingerprint density at radius 1 is 1.56 bits per heavy atom. The van der Waals surface area contributed by atoms with Crippen LogP contribution in [0, 0.1) is 11.3 Å². The van der Waals surface area contributed by atoms with Crippen molar-refractivity contribution in [2.24, 2.45) is 0 Å². The molecule has 0 unspecified atom stereocenters. The molecule has 16 heavy (non-hydrogen) atoms. The summed E-state index contributed by atoms with van der Waals surface area (Å²) in [5.41, 5.74) is 2.44. The van der Waals surface area contributed by atoms with E-state index in [4.69, 9.17) is 10.00 Å². The van der Waals surface area contributed by atoms with Crippen LogP contribution in [-0.2, 0) is 4.74 Å². The zero-order valence-electron chi connectivity index (χ0n) is 9.66. The summed E-state index contributed by atoms with van der Waals surface area (Å²) in [5.74, 6) is 0.882. The Hall–Kier alpha value is -2.01. The summed E-state index contributed by atoms with van der Waals surface area (Å²) in [6.45, 7) is 5.99. The SMILES string of the molecule is C=C(/C=C(/CC)OC)c1cccc(C#N)c1. The highest BCUT2D eigenvalue weighted by Crippen LogP contribution is 2.18. The Bertz CT molecular complexity index is 446. The Balaban J connectivity index is 2.97. The molecule has 0 aliphatic carbocycles. The topological polar surface area (TPSA) is 33.0 Å². The van der Waals surface area contributed by atoms with Gasteiger partial charge in [0.1, 0.15) is 0 Å². The van der Waals surface area contributed by atoms with Crippen molar-refractivity contribution in [3.63, 3.8) is 0 Å². The van der Waals surface area contributed by atoms with Crippen LogP contribution in [0.15, 0.2) is 42.7 Å². The van der Waals surface area contributed by atoms with E-state index in [-0.39, 0.29) is 0 Å². The molecule has 0 radical (unpaired) electrons. The minimum absolute atomic E-state index is 0.641. The first-order chi connectivity index (χ1) is 7.71. The lowest BCUT2D eigenvalue weighted by Gasteiger charge is -2.05. The van der Waals surface area contributed by atoms with Crippen LogP contribution in [-0.4, -0.2) is 7.11 Å². The highest BCUT2D eigenvalue weighted by atomic mass is 16.5. The van der Waals surface area contributed by atoms with Crippen molar-refractivity contribution in [2.75, 3.05) is 7.11 Å². The Labute approximate surface area is 96.5 Å². The average molecular weight is 213 g/mol. The van der Waals surface area contributed by atoms with Crippen molar-refractivity contribution in [3.8, 4) is 6.07 Å². The van der Waals surface area contributed by atoms with E-state index < -0.39 is 0 Å². The molecule has 0 aliphatic heterocycles. The van der Waals surface area contributed by atoms with E-state index in [2.05, 4.69) is 12.6 Å². The summed E-state index contributed by atoms with van der Waals surface area (Å²) in [6.07, 6.45) is 2.73. The summed E-state index contributed by atoms with van der Waals surface area (Å²) in [7, 11) is 1.65. The minimum atomic E-state index is 0.641. The molecule has 1 rings (SSSR count). The standard InChI is InChI=1S/C14H15NO/c1-4-14(16-3)8-11(2)13-7-5-6-12(9-13)10-15/h5-9H,2,4H2,1,3H3/b14-8-. The van der Waals surface area contributed by atoms with E-state index in [0.717, 1.165) is 23.3 Å². The zero-order valence-corrected chi connectivity index (χ0v) is 9.66. The van der Waals surface area contributed by atoms with Gasteiger partial charge in [0.15, 0.2) is 0 Å². The monoisotopic (exact) mass is 213 g/mol. The van der Waals surface area contributed by atoms with Crippen LogP contribution < -0.4 is 0 Å². The van der Waals surface area contributed by atoms with Crippen LogP contribution in [0.2, 0.25) is 0 Å². The van der Waals surface area contributed by atoms with Gasteiger partial charge in [0, 0.05) is 6.42 Å². The van der Waals surface area contributed by atoms with Crippen LogP contribution in [0.1, 0.15) is 24.5 Å². The van der Waals surface area contributed by atoms with Gasteiger partial charge in [-0.2, -0.15) is 5.26 Å². The van der Waals surface area contributed by atoms with Gasteiger partial charge >= 0.3 is 0 Å². The first-order valence-corrected chi connectivity index (χ1v) is 5.15. The van der Waals surface area contributed by atoms with Crippen molar-refractivity contribution >= 4 is 5.57 Å². The zero-order chi connectivity index (χ0) is 12.0. The normalized spacial score (nSPS) is 10.7. The van der Waals surface area contributed by atoms with Gasteiger partial charge in [0.05, 0.1) is 24.5 Å². The number of methoxy groups -OCH3 is 1. The fourth-order valence-corrected chi connectivity index (χ4v) is 1.37. The van der Waals surface area contributed by atoms with E-state index in [1.165, 1.54) is 0 Å². The molecule has 0 atom stereocenters. The molecule has 0 amide bonds. The molecule has 0 spiro atoms. The lowest BCUT2D eigenvalue weighted by atomic mass is 10.0. The number of ether oxygens (including phenoxy) is 1. The number of rotatable bonds is 4. The molecule has 2 nitrogen and oxygen atoms in total. The highest BCUT2D eigenvalue weighted by Gasteiger charge is 2.00. The third-order valence-corrected chi connectivity index (χ3v) is 2.31. The molecule has 1 aromatic carbocycles. The predicted octanol–water partition coefficient (Wildman–Crippen LogP) is 3.51. The van der Waals surface area contributed by atoms with Gasteiger partial charge in [-0.3, -0.25) is 0 Å². The van der Waals surface area contributed by atoms with Crippen LogP contribution in [0.25, 0.3) is 5.57 Å². The van der Waals surface area contributed by atoms with Crippen LogP contribution in [0.5, 0.6) is 0 Å². The van der Waals surface area contributed by atoms with Crippen LogP contribution in [0.3, 0.4) is 0 Å². The third kappa shape index (κ3) is 2.99. The van der Waals surface area contributed by atoms with Crippen molar-refractivity contribution in [2.45, 2.75) is 13.3 Å². The predicted molar refractivity (Wildman–Crippen MR) is 65.6 cm³/mol. The molecule has 0 fully saturated rings. The van der Waals surface area contributed by atoms with Crippen molar-refractivity contribution in [1.29, 1.82) is 5.26 Å². The summed E-state index contributed by atoms with van der Waals surface area (Å²) < 4.78 is 5.18. The van der Waals surface area contributed by atoms with E-state index in [1.54, 1.807) is 13.2 Å². The highest BCUT2D eigenvalue weighted by molar-refractivity contribution is 5.73. The van der Waals surface area contributed by atoms with Crippen LogP contribution in [0.4, 0.5) is 0 Å². The second-order valence-electron chi connectivity index (χ2n) is 3.39. The molecular formula is C14H15NO. The maximum absolute atomic E-state index is 8.80. The Morgan fingerprint density at radius 2 is 2.31 bits per heavy atom. The first-order valence-electron chi connectivity index (χ1n) is 5.15. The average Bonchev–Trinajstić information content (AvgIpc) is 2.35. The van der Waals surface area contributed by atoms with Gasteiger partial charge in [-0.05, 0) is 29.3 Å². The minimum Gasteiger partial charge on any atom is -0.501 e. The van der Waals surface area contributed by atoms with E-state index in [1.807, 2.05) is 31.2 Å². The molecule has 0 aliphatic rings. The quantitative estimate of drug-likeness (QED) is 0.566. The number of hydrogen-bond acceptors (Lipinski definition) is 2. The molecule has 0 N–H and O–H groups in total. The summed E-state index contributed by atoms with van der Waals surface area (Å²) in [6, 6.07) is 9.49. The molecule has 82 valence electrons. The van der Waals surface area contributed by atoms with Gasteiger partial charge in [-0.15, -0.1) is 0 Å². The summed E-state index contributed by atoms with van der Waals surface area (Å²) >= 11 is 0. The van der Waals surface area contributed by atoms with E-state index in [9.17, 15) is 0 Å². The fourth-order valence-electron chi connectivity index (χ4n) is 1.37. The number of nitrogens with zero attached hydrogens (tertiary/aromatic N) is 1. The van der Waals surface area contributed by atoms with E-state index in [0.29, 0.717) is 5.56 Å². The number of hydrogen-bond donors (Lipinski definition) is 0. The lowest BCUT2D eigenvalue weighted by molar-refractivity contribution is 0.281. The van der Waals surface area contributed by atoms with Crippen LogP contribution >= 0.6 is 0 Å². The molecule has 0 aromatic heterocycles. The molecular weight excluding hydrogens is 198 g/mol. The Morgan fingerprint density at radius 3 is 2.88 bits per heavy atom. The van der Waals surface area contributed by atoms with Gasteiger partial charge < -0.3 is 4.74 Å². The fraction of sp³-hybridized carbons (Fsp3) is 0.214. The van der Waals surface area contributed by atoms with Crippen molar-refractivity contribution in [3.05, 3.63) is 53.8 Å². The van der Waals surface area contributed by atoms with Crippen molar-refractivity contribution in [1.82, 2.24) is 0 Å². The second kappa shape index (κ2) is 5.77. The Kier molecular flexibility index (Phi) is 4.35. The smallest absolute Gasteiger partial charge is 0.0991 e. The van der Waals surface area contributed by atoms with Crippen molar-refractivity contribution < 1.29 is 4.74 Å². The van der Waals surface area contributed by atoms with Gasteiger partial charge in [0.25, 0.3) is 0 Å². The molecule has 0 heterocycles. The van der Waals surface area contributed by atoms with E-state index >= 15 is 0 Å². The first kappa shape index (κ1) is 12.1. The third-order valence-electron chi connectivity index (χ3n) is 2.31. The van der Waals surface area contributed by atoms with Gasteiger partial charge in [-0.25, -0.2) is 0 Å². The number of benzene rings is 1. The molecule has 0 saturated heterocycles. The maximum Gasteiger partial charge on any atom is 0.0991 e. The van der Waals surface area contributed by atoms with Gasteiger partial charge in [-0.1, -0.05) is 25.6 Å². The second-order valence-corrected chi connectivity index (χ2v) is 3.39. The molecule has 2 heteroatoms. The molecule has 0 bridgehead atoms.